The fourth-order valence-corrected chi connectivity index (χ4v) is 3.14. The van der Waals surface area contributed by atoms with Crippen molar-refractivity contribution in [3.8, 4) is 5.75 Å². The molecule has 27 heavy (non-hydrogen) atoms. The maximum atomic E-state index is 5.71. The molecule has 0 fully saturated rings. The van der Waals surface area contributed by atoms with Gasteiger partial charge in [0.2, 0.25) is 5.89 Å². The minimum Gasteiger partial charge on any atom is -0.493 e. The summed E-state index contributed by atoms with van der Waals surface area (Å²) in [5, 5.41) is 6.48. The molecular weight excluding hydrogens is 543 g/mol. The van der Waals surface area contributed by atoms with Gasteiger partial charge in [0, 0.05) is 29.6 Å². The third-order valence-corrected chi connectivity index (χ3v) is 4.98. The van der Waals surface area contributed by atoms with Crippen molar-refractivity contribution in [1.29, 1.82) is 0 Å². The van der Waals surface area contributed by atoms with E-state index < -0.39 is 0 Å². The van der Waals surface area contributed by atoms with E-state index in [0.717, 1.165) is 45.7 Å². The molecule has 0 unspecified atom stereocenters. The third kappa shape index (κ3) is 9.20. The van der Waals surface area contributed by atoms with Gasteiger partial charge < -0.3 is 19.8 Å². The Morgan fingerprint density at radius 2 is 2.11 bits per heavy atom. The van der Waals surface area contributed by atoms with Crippen LogP contribution in [0.4, 0.5) is 0 Å². The highest BCUT2D eigenvalue weighted by atomic mass is 127. The Bertz CT molecular complexity index is 708. The highest BCUT2D eigenvalue weighted by Crippen LogP contribution is 2.17. The van der Waals surface area contributed by atoms with Crippen molar-refractivity contribution < 1.29 is 9.15 Å². The van der Waals surface area contributed by atoms with E-state index >= 15 is 0 Å². The first-order valence-corrected chi connectivity index (χ1v) is 10.4. The molecule has 6 nitrogen and oxygen atoms in total. The van der Waals surface area contributed by atoms with Crippen LogP contribution in [0.15, 0.2) is 38.1 Å². The Morgan fingerprint density at radius 1 is 1.30 bits per heavy atom. The Morgan fingerprint density at radius 3 is 2.78 bits per heavy atom. The summed E-state index contributed by atoms with van der Waals surface area (Å²) in [6.45, 7) is 5.88. The number of rotatable bonds is 9. The number of hydrogen-bond donors (Lipinski definition) is 2. The number of guanidine groups is 1. The average molecular weight is 569 g/mol. The maximum Gasteiger partial charge on any atom is 0.214 e. The summed E-state index contributed by atoms with van der Waals surface area (Å²) in [6.07, 6.45) is 0. The molecule has 9 heteroatoms. The molecule has 0 bridgehead atoms. The molecule has 2 N–H and O–H groups in total. The highest BCUT2D eigenvalue weighted by molar-refractivity contribution is 14.0. The average Bonchev–Trinajstić information content (AvgIpc) is 2.94. The van der Waals surface area contributed by atoms with Crippen LogP contribution in [0.5, 0.6) is 5.75 Å². The van der Waals surface area contributed by atoms with E-state index in [4.69, 9.17) is 9.15 Å². The zero-order chi connectivity index (χ0) is 18.8. The molecule has 0 saturated carbocycles. The lowest BCUT2D eigenvalue weighted by atomic mass is 10.3. The van der Waals surface area contributed by atoms with Gasteiger partial charge in [-0.25, -0.2) is 4.98 Å². The van der Waals surface area contributed by atoms with Gasteiger partial charge in [0.25, 0.3) is 0 Å². The Labute approximate surface area is 190 Å². The summed E-state index contributed by atoms with van der Waals surface area (Å²) in [5.74, 6) is 5.06. The van der Waals surface area contributed by atoms with Crippen LogP contribution in [0.25, 0.3) is 0 Å². The van der Waals surface area contributed by atoms with Crippen LogP contribution in [0, 0.1) is 13.8 Å². The first-order chi connectivity index (χ1) is 12.6. The van der Waals surface area contributed by atoms with Gasteiger partial charge in [0.1, 0.15) is 11.5 Å². The van der Waals surface area contributed by atoms with E-state index in [0.29, 0.717) is 19.0 Å². The van der Waals surface area contributed by atoms with Crippen molar-refractivity contribution in [3.63, 3.8) is 0 Å². The number of aryl methyl sites for hydroxylation is 2. The molecule has 2 rings (SSSR count). The fraction of sp³-hybridized carbons (Fsp3) is 0.444. The van der Waals surface area contributed by atoms with E-state index in [1.165, 1.54) is 0 Å². The van der Waals surface area contributed by atoms with Crippen molar-refractivity contribution in [2.75, 3.05) is 31.7 Å². The lowest BCUT2D eigenvalue weighted by molar-refractivity contribution is 0.344. The molecule has 1 aromatic carbocycles. The van der Waals surface area contributed by atoms with Crippen LogP contribution < -0.4 is 15.4 Å². The fourth-order valence-electron chi connectivity index (χ4n) is 2.11. The van der Waals surface area contributed by atoms with Crippen molar-refractivity contribution >= 4 is 57.6 Å². The van der Waals surface area contributed by atoms with E-state index in [1.54, 1.807) is 7.05 Å². The monoisotopic (exact) mass is 568 g/mol. The van der Waals surface area contributed by atoms with Crippen LogP contribution in [0.1, 0.15) is 17.3 Å². The maximum absolute atomic E-state index is 5.71. The number of thioether (sulfide) groups is 1. The van der Waals surface area contributed by atoms with Crippen molar-refractivity contribution in [1.82, 2.24) is 15.6 Å². The number of ether oxygens (including phenoxy) is 1. The minimum absolute atomic E-state index is 0. The van der Waals surface area contributed by atoms with Gasteiger partial charge in [-0.3, -0.25) is 4.99 Å². The van der Waals surface area contributed by atoms with Gasteiger partial charge in [0.05, 0.1) is 18.8 Å². The molecule has 2 aromatic rings. The first-order valence-electron chi connectivity index (χ1n) is 8.42. The number of hydrogen-bond acceptors (Lipinski definition) is 5. The molecule has 0 aliphatic heterocycles. The molecule has 0 spiro atoms. The largest absolute Gasteiger partial charge is 0.493 e. The number of nitrogens with zero attached hydrogens (tertiary/aromatic N) is 2. The number of halogens is 2. The molecule has 150 valence electrons. The Hall–Kier alpha value is -0.940. The van der Waals surface area contributed by atoms with Gasteiger partial charge in [-0.2, -0.15) is 11.8 Å². The lowest BCUT2D eigenvalue weighted by Gasteiger charge is -2.10. The van der Waals surface area contributed by atoms with Crippen LogP contribution in [0.2, 0.25) is 0 Å². The summed E-state index contributed by atoms with van der Waals surface area (Å²) in [6, 6.07) is 7.89. The van der Waals surface area contributed by atoms with Crippen molar-refractivity contribution in [2.24, 2.45) is 4.99 Å². The number of benzene rings is 1. The summed E-state index contributed by atoms with van der Waals surface area (Å²) in [4.78, 5) is 8.54. The third-order valence-electron chi connectivity index (χ3n) is 3.53. The topological polar surface area (TPSA) is 71.7 Å². The molecule has 0 aliphatic carbocycles. The number of oxazole rings is 1. The van der Waals surface area contributed by atoms with Gasteiger partial charge in [-0.15, -0.1) is 24.0 Å². The number of aromatic nitrogens is 1. The van der Waals surface area contributed by atoms with E-state index in [2.05, 4.69) is 36.5 Å². The zero-order valence-corrected chi connectivity index (χ0v) is 20.5. The standard InChI is InChI=1S/C18H25BrN4O2S.HI/c1-13-14(2)25-17(23-13)12-22-18(20-3)21-7-9-26-10-8-24-16-6-4-5-15(19)11-16;/h4-6,11H,7-10,12H2,1-3H3,(H2,20,21,22);1H. The zero-order valence-electron chi connectivity index (χ0n) is 15.8. The van der Waals surface area contributed by atoms with Crippen LogP contribution >= 0.6 is 51.7 Å². The van der Waals surface area contributed by atoms with Crippen molar-refractivity contribution in [3.05, 3.63) is 46.1 Å². The molecule has 0 radical (unpaired) electrons. The molecule has 1 aromatic heterocycles. The van der Waals surface area contributed by atoms with E-state index in [1.807, 2.05) is 49.9 Å². The molecule has 1 heterocycles. The minimum atomic E-state index is 0. The lowest BCUT2D eigenvalue weighted by Crippen LogP contribution is -2.38. The van der Waals surface area contributed by atoms with Gasteiger partial charge in [-0.1, -0.05) is 22.0 Å². The molecule has 0 amide bonds. The van der Waals surface area contributed by atoms with Crippen molar-refractivity contribution in [2.45, 2.75) is 20.4 Å². The summed E-state index contributed by atoms with van der Waals surface area (Å²) >= 11 is 5.27. The molecule has 0 saturated heterocycles. The Balaban J connectivity index is 0.00000364. The molecular formula is C18H26BrIN4O2S. The predicted molar refractivity (Wildman–Crippen MR) is 127 cm³/mol. The van der Waals surface area contributed by atoms with Crippen LogP contribution in [0.3, 0.4) is 0 Å². The highest BCUT2D eigenvalue weighted by Gasteiger charge is 2.06. The molecule has 0 aliphatic rings. The first kappa shape index (κ1) is 24.1. The van der Waals surface area contributed by atoms with Crippen LogP contribution in [-0.2, 0) is 6.54 Å². The second-order valence-electron chi connectivity index (χ2n) is 5.52. The second kappa shape index (κ2) is 13.3. The van der Waals surface area contributed by atoms with Gasteiger partial charge in [-0.05, 0) is 32.0 Å². The van der Waals surface area contributed by atoms with E-state index in [-0.39, 0.29) is 24.0 Å². The van der Waals surface area contributed by atoms with Gasteiger partial charge in [0.15, 0.2) is 5.96 Å². The van der Waals surface area contributed by atoms with E-state index in [9.17, 15) is 0 Å². The predicted octanol–water partition coefficient (Wildman–Crippen LogP) is 4.15. The second-order valence-corrected chi connectivity index (χ2v) is 7.66. The Kier molecular flexibility index (Phi) is 11.8. The number of nitrogens with one attached hydrogen (secondary N) is 2. The number of aliphatic imine (C=N–C) groups is 1. The normalized spacial score (nSPS) is 11.0. The SMILES string of the molecule is CN=C(NCCSCCOc1cccc(Br)c1)NCc1nc(C)c(C)o1.I. The van der Waals surface area contributed by atoms with Gasteiger partial charge >= 0.3 is 0 Å². The van der Waals surface area contributed by atoms with Crippen LogP contribution in [-0.4, -0.2) is 42.6 Å². The summed E-state index contributed by atoms with van der Waals surface area (Å²) in [5.41, 5.74) is 0.922. The molecule has 0 atom stereocenters. The quantitative estimate of drug-likeness (QED) is 0.205. The smallest absolute Gasteiger partial charge is 0.214 e. The summed E-state index contributed by atoms with van der Waals surface area (Å²) < 4.78 is 12.3. The summed E-state index contributed by atoms with van der Waals surface area (Å²) in [7, 11) is 1.75.